The van der Waals surface area contributed by atoms with Gasteiger partial charge in [0.05, 0.1) is 18.9 Å². The van der Waals surface area contributed by atoms with Gasteiger partial charge in [0.25, 0.3) is 0 Å². The van der Waals surface area contributed by atoms with Crippen molar-refractivity contribution in [2.75, 3.05) is 24.7 Å². The molecule has 2 aromatic rings. The van der Waals surface area contributed by atoms with E-state index in [4.69, 9.17) is 16.3 Å². The van der Waals surface area contributed by atoms with Gasteiger partial charge in [0, 0.05) is 18.7 Å². The predicted molar refractivity (Wildman–Crippen MR) is 88.9 cm³/mol. The molecule has 3 heterocycles. The number of aromatic nitrogens is 3. The van der Waals surface area contributed by atoms with Gasteiger partial charge in [-0.3, -0.25) is 4.68 Å². The molecule has 10 heteroatoms. The number of ether oxygens (including phenoxy) is 1. The maximum atomic E-state index is 12.9. The first-order valence-electron chi connectivity index (χ1n) is 6.90. The Morgan fingerprint density at radius 3 is 2.87 bits per heavy atom. The lowest BCUT2D eigenvalue weighted by atomic mass is 10.2. The van der Waals surface area contributed by atoms with E-state index in [9.17, 15) is 13.2 Å². The van der Waals surface area contributed by atoms with Crippen LogP contribution in [-0.4, -0.2) is 46.7 Å². The number of halogens is 5. The highest BCUT2D eigenvalue weighted by Crippen LogP contribution is 2.34. The van der Waals surface area contributed by atoms with E-state index in [0.717, 1.165) is 4.68 Å². The fourth-order valence-corrected chi connectivity index (χ4v) is 3.51. The van der Waals surface area contributed by atoms with Crippen molar-refractivity contribution in [1.82, 2.24) is 14.8 Å². The number of morpholine rings is 1. The second-order valence-corrected chi connectivity index (χ2v) is 6.75. The largest absolute Gasteiger partial charge is 0.408 e. The van der Waals surface area contributed by atoms with Crippen molar-refractivity contribution >= 4 is 50.9 Å². The van der Waals surface area contributed by atoms with Gasteiger partial charge >= 0.3 is 6.18 Å². The highest BCUT2D eigenvalue weighted by molar-refractivity contribution is 14.1. The summed E-state index contributed by atoms with van der Waals surface area (Å²) in [6.07, 6.45) is -4.37. The molecule has 1 aliphatic rings. The Morgan fingerprint density at radius 1 is 1.48 bits per heavy atom. The van der Waals surface area contributed by atoms with Crippen molar-refractivity contribution in [3.63, 3.8) is 0 Å². The second kappa shape index (κ2) is 6.25. The average Bonchev–Trinajstić information content (AvgIpc) is 2.73. The lowest BCUT2D eigenvalue weighted by molar-refractivity contribution is -0.141. The van der Waals surface area contributed by atoms with E-state index in [1.165, 1.54) is 0 Å². The first-order valence-corrected chi connectivity index (χ1v) is 8.35. The van der Waals surface area contributed by atoms with Gasteiger partial charge in [-0.05, 0) is 29.5 Å². The lowest BCUT2D eigenvalue weighted by Gasteiger charge is -2.35. The molecule has 1 atom stereocenters. The highest BCUT2D eigenvalue weighted by Gasteiger charge is 2.32. The number of hydrogen-bond acceptors (Lipinski definition) is 4. The Bertz CT molecular complexity index is 736. The van der Waals surface area contributed by atoms with E-state index in [1.54, 1.807) is 6.07 Å². The van der Waals surface area contributed by atoms with Crippen LogP contribution in [0.2, 0.25) is 5.15 Å². The zero-order valence-electron chi connectivity index (χ0n) is 12.1. The van der Waals surface area contributed by atoms with E-state index in [1.807, 2.05) is 34.4 Å². The van der Waals surface area contributed by atoms with Crippen LogP contribution in [0.3, 0.4) is 0 Å². The maximum Gasteiger partial charge on any atom is 0.408 e. The number of nitrogens with zero attached hydrogens (tertiary/aromatic N) is 4. The predicted octanol–water partition coefficient (Wildman–Crippen LogP) is 3.48. The minimum absolute atomic E-state index is 0.0253. The minimum Gasteiger partial charge on any atom is -0.377 e. The third kappa shape index (κ3) is 3.50. The molecular weight excluding hydrogens is 448 g/mol. The first-order chi connectivity index (χ1) is 10.8. The van der Waals surface area contributed by atoms with Crippen molar-refractivity contribution < 1.29 is 17.9 Å². The number of rotatable bonds is 2. The fraction of sp³-hybridized carbons (Fsp3) is 0.538. The summed E-state index contributed by atoms with van der Waals surface area (Å²) >= 11 is 7.95. The standard InChI is InChI=1S/C13H13ClF3IN4O/c1-7-5-23-3-2-21(7)8-4-9(14)19-10-11(8)22(20-12(10)18)6-13(15,16)17/h4,7H,2-3,5-6H2,1H3. The molecule has 1 fully saturated rings. The smallest absolute Gasteiger partial charge is 0.377 e. The summed E-state index contributed by atoms with van der Waals surface area (Å²) in [5.74, 6) is 0. The molecule has 0 spiro atoms. The summed E-state index contributed by atoms with van der Waals surface area (Å²) < 4.78 is 45.3. The average molecular weight is 461 g/mol. The Morgan fingerprint density at radius 2 is 2.22 bits per heavy atom. The van der Waals surface area contributed by atoms with Crippen molar-refractivity contribution in [3.8, 4) is 0 Å². The Labute approximate surface area is 148 Å². The van der Waals surface area contributed by atoms with Crippen LogP contribution >= 0.6 is 34.2 Å². The molecule has 0 saturated carbocycles. The normalized spacial score (nSPS) is 19.6. The van der Waals surface area contributed by atoms with Gasteiger partial charge in [-0.25, -0.2) is 4.98 Å². The van der Waals surface area contributed by atoms with Crippen LogP contribution in [0.25, 0.3) is 11.0 Å². The quantitative estimate of drug-likeness (QED) is 0.509. The summed E-state index contributed by atoms with van der Waals surface area (Å²) in [6.45, 7) is 2.38. The summed E-state index contributed by atoms with van der Waals surface area (Å²) in [6, 6.07) is 1.62. The molecule has 0 aliphatic carbocycles. The summed E-state index contributed by atoms with van der Waals surface area (Å²) in [4.78, 5) is 6.15. The number of anilines is 1. The molecule has 126 valence electrons. The zero-order chi connectivity index (χ0) is 16.8. The monoisotopic (exact) mass is 460 g/mol. The maximum absolute atomic E-state index is 12.9. The molecule has 2 aromatic heterocycles. The fourth-order valence-electron chi connectivity index (χ4n) is 2.68. The molecule has 1 unspecified atom stereocenters. The van der Waals surface area contributed by atoms with Crippen LogP contribution in [0.5, 0.6) is 0 Å². The van der Waals surface area contributed by atoms with Crippen LogP contribution in [0.4, 0.5) is 18.9 Å². The molecule has 3 rings (SSSR count). The summed E-state index contributed by atoms with van der Waals surface area (Å²) in [5, 5.41) is 4.23. The van der Waals surface area contributed by atoms with E-state index < -0.39 is 12.7 Å². The molecule has 0 radical (unpaired) electrons. The summed E-state index contributed by atoms with van der Waals surface area (Å²) in [7, 11) is 0. The minimum atomic E-state index is -4.37. The van der Waals surface area contributed by atoms with Gasteiger partial charge in [0.2, 0.25) is 0 Å². The van der Waals surface area contributed by atoms with E-state index in [-0.39, 0.29) is 11.2 Å². The van der Waals surface area contributed by atoms with Crippen LogP contribution < -0.4 is 4.90 Å². The SMILES string of the molecule is CC1COCCN1c1cc(Cl)nc2c(I)nn(CC(F)(F)F)c12. The molecule has 1 saturated heterocycles. The third-order valence-corrected chi connectivity index (χ3v) is 4.53. The number of pyridine rings is 1. The van der Waals surface area contributed by atoms with Crippen LogP contribution in [-0.2, 0) is 11.3 Å². The van der Waals surface area contributed by atoms with E-state index in [0.29, 0.717) is 40.2 Å². The molecule has 1 aliphatic heterocycles. The Kier molecular flexibility index (Phi) is 4.62. The topological polar surface area (TPSA) is 43.2 Å². The van der Waals surface area contributed by atoms with Crippen molar-refractivity contribution in [2.24, 2.45) is 0 Å². The van der Waals surface area contributed by atoms with Crippen molar-refractivity contribution in [2.45, 2.75) is 25.7 Å². The van der Waals surface area contributed by atoms with E-state index in [2.05, 4.69) is 10.1 Å². The molecule has 0 amide bonds. The first kappa shape index (κ1) is 17.0. The lowest BCUT2D eigenvalue weighted by Crippen LogP contribution is -2.44. The van der Waals surface area contributed by atoms with Gasteiger partial charge in [0.1, 0.15) is 26.4 Å². The van der Waals surface area contributed by atoms with Crippen LogP contribution in [0, 0.1) is 3.70 Å². The Hall–Kier alpha value is -0.810. The van der Waals surface area contributed by atoms with Crippen LogP contribution in [0.15, 0.2) is 6.07 Å². The van der Waals surface area contributed by atoms with Gasteiger partial charge in [-0.1, -0.05) is 11.6 Å². The summed E-state index contributed by atoms with van der Waals surface area (Å²) in [5.41, 5.74) is 1.34. The number of hydrogen-bond donors (Lipinski definition) is 0. The molecule has 0 N–H and O–H groups in total. The molecule has 0 aromatic carbocycles. The highest BCUT2D eigenvalue weighted by atomic mass is 127. The van der Waals surface area contributed by atoms with Crippen molar-refractivity contribution in [3.05, 3.63) is 14.9 Å². The molecular formula is C13H13ClF3IN4O. The van der Waals surface area contributed by atoms with E-state index >= 15 is 0 Å². The van der Waals surface area contributed by atoms with Gasteiger partial charge < -0.3 is 9.64 Å². The third-order valence-electron chi connectivity index (χ3n) is 3.61. The molecule has 23 heavy (non-hydrogen) atoms. The second-order valence-electron chi connectivity index (χ2n) is 5.34. The van der Waals surface area contributed by atoms with Crippen LogP contribution in [0.1, 0.15) is 6.92 Å². The van der Waals surface area contributed by atoms with Gasteiger partial charge in [-0.15, -0.1) is 0 Å². The zero-order valence-corrected chi connectivity index (χ0v) is 15.0. The van der Waals surface area contributed by atoms with Gasteiger partial charge in [0.15, 0.2) is 0 Å². The van der Waals surface area contributed by atoms with Gasteiger partial charge in [-0.2, -0.15) is 18.3 Å². The number of alkyl halides is 3. The molecule has 0 bridgehead atoms. The van der Waals surface area contributed by atoms with Crippen molar-refractivity contribution in [1.29, 1.82) is 0 Å². The number of fused-ring (bicyclic) bond motifs is 1. The molecule has 5 nitrogen and oxygen atoms in total. The Balaban J connectivity index is 2.19.